The molecule has 0 saturated carbocycles. The molecule has 4 amide bonds. The van der Waals surface area contributed by atoms with E-state index in [1.54, 1.807) is 4.90 Å². The van der Waals surface area contributed by atoms with E-state index in [0.29, 0.717) is 58.2 Å². The maximum atomic E-state index is 13.9. The number of hydrogen-bond acceptors (Lipinski definition) is 7. The molecule has 0 spiro atoms. The van der Waals surface area contributed by atoms with E-state index in [4.69, 9.17) is 16.9 Å². The van der Waals surface area contributed by atoms with Crippen LogP contribution in [0.5, 0.6) is 0 Å². The van der Waals surface area contributed by atoms with Crippen LogP contribution >= 0.6 is 0 Å². The van der Waals surface area contributed by atoms with E-state index in [0.717, 1.165) is 11.1 Å². The highest BCUT2D eigenvalue weighted by Crippen LogP contribution is 2.26. The van der Waals surface area contributed by atoms with Gasteiger partial charge in [-0.3, -0.25) is 29.4 Å². The minimum atomic E-state index is -1.01. The predicted octanol–water partition coefficient (Wildman–Crippen LogP) is 0.124. The van der Waals surface area contributed by atoms with Crippen molar-refractivity contribution in [1.29, 1.82) is 5.41 Å². The van der Waals surface area contributed by atoms with E-state index in [1.807, 2.05) is 66.9 Å². The highest BCUT2D eigenvalue weighted by Gasteiger charge is 2.43. The maximum Gasteiger partial charge on any atom is 0.246 e. The monoisotopic (exact) mass is 645 g/mol. The summed E-state index contributed by atoms with van der Waals surface area (Å²) in [4.78, 5) is 69.1. The molecule has 5 atom stereocenters. The van der Waals surface area contributed by atoms with Crippen LogP contribution in [0.1, 0.15) is 49.7 Å². The van der Waals surface area contributed by atoms with Gasteiger partial charge in [0, 0.05) is 26.1 Å². The van der Waals surface area contributed by atoms with Crippen LogP contribution in [0.4, 0.5) is 0 Å². The van der Waals surface area contributed by atoms with Crippen molar-refractivity contribution in [3.05, 3.63) is 71.8 Å². The summed E-state index contributed by atoms with van der Waals surface area (Å²) < 4.78 is 0. The second-order valence-electron chi connectivity index (χ2n) is 12.1. The number of likely N-dealkylation sites (tertiary alicyclic amines) is 2. The Kier molecular flexibility index (Phi) is 12.9. The summed E-state index contributed by atoms with van der Waals surface area (Å²) in [7, 11) is 0. The molecule has 13 nitrogen and oxygen atoms in total. The summed E-state index contributed by atoms with van der Waals surface area (Å²) in [5.41, 5.74) is 13.4. The van der Waals surface area contributed by atoms with E-state index >= 15 is 0 Å². The molecule has 251 valence electrons. The number of nitrogens with zero attached hydrogens (tertiary/aromatic N) is 2. The van der Waals surface area contributed by atoms with E-state index in [1.165, 1.54) is 4.90 Å². The molecule has 2 heterocycles. The zero-order valence-corrected chi connectivity index (χ0v) is 26.5. The van der Waals surface area contributed by atoms with Crippen LogP contribution in [0.2, 0.25) is 0 Å². The smallest absolute Gasteiger partial charge is 0.246 e. The Morgan fingerprint density at radius 1 is 0.872 bits per heavy atom. The fourth-order valence-electron chi connectivity index (χ4n) is 6.26. The first kappa shape index (κ1) is 35.1. The first-order valence-electron chi connectivity index (χ1n) is 16.2. The zero-order chi connectivity index (χ0) is 33.8. The molecule has 2 saturated heterocycles. The normalized spacial score (nSPS) is 19.3. The lowest BCUT2D eigenvalue weighted by molar-refractivity contribution is -0.147. The van der Waals surface area contributed by atoms with Gasteiger partial charge in [-0.25, -0.2) is 0 Å². The molecule has 0 aliphatic carbocycles. The van der Waals surface area contributed by atoms with Gasteiger partial charge in [0.25, 0.3) is 0 Å². The van der Waals surface area contributed by atoms with E-state index in [9.17, 15) is 24.0 Å². The van der Waals surface area contributed by atoms with Crippen molar-refractivity contribution in [2.24, 2.45) is 11.5 Å². The van der Waals surface area contributed by atoms with E-state index < -0.39 is 42.0 Å². The minimum Gasteiger partial charge on any atom is -0.370 e. The molecule has 47 heavy (non-hydrogen) atoms. The summed E-state index contributed by atoms with van der Waals surface area (Å²) in [6.07, 6.45) is 5.17. The molecule has 1 radical (unpaired) electrons. The van der Waals surface area contributed by atoms with E-state index in [-0.39, 0.29) is 30.6 Å². The first-order valence-corrected chi connectivity index (χ1v) is 16.2. The van der Waals surface area contributed by atoms with E-state index in [2.05, 4.69) is 16.0 Å². The third-order valence-corrected chi connectivity index (χ3v) is 8.63. The molecule has 2 aromatic carbocycles. The van der Waals surface area contributed by atoms with Gasteiger partial charge in [0.05, 0.1) is 12.1 Å². The van der Waals surface area contributed by atoms with Gasteiger partial charge < -0.3 is 37.2 Å². The first-order chi connectivity index (χ1) is 22.7. The van der Waals surface area contributed by atoms with Crippen molar-refractivity contribution in [1.82, 2.24) is 25.8 Å². The van der Waals surface area contributed by atoms with Gasteiger partial charge in [0.15, 0.2) is 5.96 Å². The summed E-state index contributed by atoms with van der Waals surface area (Å²) >= 11 is 0. The van der Waals surface area contributed by atoms with Gasteiger partial charge in [-0.05, 0) is 56.1 Å². The SMILES string of the molecule is N=C(N)NCCC[C@H](NC(=O)[C@@H]1CCCN1C(=O)[C@@H]1CCCN1C(=O)[C@@H](N)Cc1ccccc1)C(=O)N[C@H]([C]=O)Cc1ccccc1. The molecule has 2 aromatic rings. The Hall–Kier alpha value is -4.78. The molecule has 4 rings (SSSR count). The Balaban J connectivity index is 1.41. The summed E-state index contributed by atoms with van der Waals surface area (Å²) in [5, 5.41) is 15.5. The van der Waals surface area contributed by atoms with Crippen LogP contribution in [0.25, 0.3) is 0 Å². The zero-order valence-electron chi connectivity index (χ0n) is 26.5. The lowest BCUT2D eigenvalue weighted by Gasteiger charge is -2.32. The highest BCUT2D eigenvalue weighted by molar-refractivity contribution is 5.95. The fraction of sp³-hybridized carbons (Fsp3) is 0.471. The van der Waals surface area contributed by atoms with Crippen molar-refractivity contribution >= 4 is 35.9 Å². The predicted molar refractivity (Wildman–Crippen MR) is 176 cm³/mol. The van der Waals surface area contributed by atoms with Gasteiger partial charge in [-0.1, -0.05) is 60.7 Å². The molecular formula is C34H45N8O5. The molecule has 0 bridgehead atoms. The third-order valence-electron chi connectivity index (χ3n) is 8.63. The number of rotatable bonds is 15. The Morgan fingerprint density at radius 2 is 1.47 bits per heavy atom. The van der Waals surface area contributed by atoms with Crippen molar-refractivity contribution in [2.75, 3.05) is 19.6 Å². The summed E-state index contributed by atoms with van der Waals surface area (Å²) in [6, 6.07) is 14.4. The topological polar surface area (TPSA) is 204 Å². The standard InChI is InChI=1S/C34H45N8O5/c35-26(21-24-12-5-2-6-13-24)32(46)42-19-9-16-29(42)33(47)41-18-8-15-28(41)31(45)40-27(14-7-17-38-34(36)37)30(44)39-25(22-43)20-23-10-3-1-4-11-23/h1-6,10-13,25-29H,7-9,14-21,35H2,(H,39,44)(H,40,45)(H4,36,37,38)/t25-,26-,27-,28-,29-/m0/s1. The van der Waals surface area contributed by atoms with Crippen LogP contribution in [0.3, 0.4) is 0 Å². The lowest BCUT2D eigenvalue weighted by Crippen LogP contribution is -2.57. The second-order valence-corrected chi connectivity index (χ2v) is 12.1. The molecule has 13 heteroatoms. The highest BCUT2D eigenvalue weighted by atomic mass is 16.2. The maximum absolute atomic E-state index is 13.9. The van der Waals surface area contributed by atoms with Crippen molar-refractivity contribution in [3.8, 4) is 0 Å². The Labute approximate surface area is 275 Å². The minimum absolute atomic E-state index is 0.194. The summed E-state index contributed by atoms with van der Waals surface area (Å²) in [5.74, 6) is -1.85. The number of amides is 4. The number of benzene rings is 2. The molecule has 8 N–H and O–H groups in total. The molecule has 2 aliphatic rings. The third kappa shape index (κ3) is 9.85. The molecule has 0 unspecified atom stereocenters. The quantitative estimate of drug-likeness (QED) is 0.0890. The molecular weight excluding hydrogens is 600 g/mol. The van der Waals surface area contributed by atoms with Crippen LogP contribution in [-0.4, -0.2) is 95.5 Å². The molecule has 0 aromatic heterocycles. The summed E-state index contributed by atoms with van der Waals surface area (Å²) in [6.45, 7) is 1.06. The van der Waals surface area contributed by atoms with Gasteiger partial charge in [0.1, 0.15) is 18.1 Å². The average molecular weight is 646 g/mol. The van der Waals surface area contributed by atoms with Gasteiger partial charge in [-0.15, -0.1) is 0 Å². The largest absolute Gasteiger partial charge is 0.370 e. The Morgan fingerprint density at radius 3 is 2.09 bits per heavy atom. The van der Waals surface area contributed by atoms with Gasteiger partial charge in [0.2, 0.25) is 29.9 Å². The second kappa shape index (κ2) is 17.2. The number of nitrogens with one attached hydrogen (secondary N) is 4. The van der Waals surface area contributed by atoms with Crippen LogP contribution in [0, 0.1) is 5.41 Å². The average Bonchev–Trinajstić information content (AvgIpc) is 3.77. The number of guanidine groups is 1. The molecule has 2 aliphatic heterocycles. The Bertz CT molecular complexity index is 1390. The van der Waals surface area contributed by atoms with Crippen LogP contribution in [-0.2, 0) is 36.8 Å². The van der Waals surface area contributed by atoms with Gasteiger partial charge in [-0.2, -0.15) is 0 Å². The van der Waals surface area contributed by atoms with Crippen LogP contribution < -0.4 is 27.4 Å². The van der Waals surface area contributed by atoms with Crippen molar-refractivity contribution < 1.29 is 24.0 Å². The lowest BCUT2D eigenvalue weighted by atomic mass is 10.0. The van der Waals surface area contributed by atoms with Crippen molar-refractivity contribution in [3.63, 3.8) is 0 Å². The number of carbonyl (C=O) groups excluding carboxylic acids is 5. The molecule has 2 fully saturated rings. The fourth-order valence-corrected chi connectivity index (χ4v) is 6.26. The number of nitrogens with two attached hydrogens (primary N) is 2. The van der Waals surface area contributed by atoms with Crippen LogP contribution in [0.15, 0.2) is 60.7 Å². The number of hydrogen-bond donors (Lipinski definition) is 6. The number of carbonyl (C=O) groups is 4. The van der Waals surface area contributed by atoms with Gasteiger partial charge >= 0.3 is 0 Å². The van der Waals surface area contributed by atoms with Crippen molar-refractivity contribution in [2.45, 2.75) is 81.6 Å².